The summed E-state index contributed by atoms with van der Waals surface area (Å²) >= 11 is 5.45. The van der Waals surface area contributed by atoms with E-state index in [9.17, 15) is 0 Å². The third kappa shape index (κ3) is 4.46. The second-order valence-corrected chi connectivity index (χ2v) is 5.95. The van der Waals surface area contributed by atoms with Crippen molar-refractivity contribution in [2.24, 2.45) is 0 Å². The Morgan fingerprint density at radius 2 is 2.00 bits per heavy atom. The molecule has 21 heavy (non-hydrogen) atoms. The van der Waals surface area contributed by atoms with Gasteiger partial charge in [-0.2, -0.15) is 0 Å². The zero-order valence-corrected chi connectivity index (χ0v) is 13.5. The van der Waals surface area contributed by atoms with Crippen LogP contribution in [0.15, 0.2) is 36.9 Å². The van der Waals surface area contributed by atoms with Crippen LogP contribution in [-0.4, -0.2) is 17.3 Å². The molecular weight excluding hydrogens is 280 g/mol. The molecule has 0 saturated heterocycles. The molecular formula is C17H24N2OS. The van der Waals surface area contributed by atoms with E-state index >= 15 is 0 Å². The van der Waals surface area contributed by atoms with Gasteiger partial charge in [-0.05, 0) is 55.7 Å². The van der Waals surface area contributed by atoms with Gasteiger partial charge in [0.2, 0.25) is 0 Å². The Kier molecular flexibility index (Phi) is 5.62. The molecule has 0 unspecified atom stereocenters. The molecule has 1 aliphatic carbocycles. The van der Waals surface area contributed by atoms with Gasteiger partial charge in [0.05, 0.1) is 0 Å². The van der Waals surface area contributed by atoms with Gasteiger partial charge in [-0.25, -0.2) is 0 Å². The van der Waals surface area contributed by atoms with Crippen molar-refractivity contribution in [2.45, 2.75) is 44.6 Å². The van der Waals surface area contributed by atoms with Gasteiger partial charge in [-0.1, -0.05) is 32.4 Å². The Morgan fingerprint density at radius 3 is 2.57 bits per heavy atom. The third-order valence-corrected chi connectivity index (χ3v) is 4.30. The van der Waals surface area contributed by atoms with Crippen molar-refractivity contribution in [3.63, 3.8) is 0 Å². The van der Waals surface area contributed by atoms with Gasteiger partial charge in [0, 0.05) is 11.2 Å². The second kappa shape index (κ2) is 7.46. The van der Waals surface area contributed by atoms with Crippen molar-refractivity contribution in [1.29, 1.82) is 0 Å². The van der Waals surface area contributed by atoms with Crippen LogP contribution in [0.4, 0.5) is 5.69 Å². The fourth-order valence-electron chi connectivity index (χ4n) is 2.81. The minimum absolute atomic E-state index is 0.192. The van der Waals surface area contributed by atoms with Gasteiger partial charge < -0.3 is 15.4 Å². The molecule has 2 rings (SSSR count). The van der Waals surface area contributed by atoms with Crippen LogP contribution in [0, 0.1) is 0 Å². The second-order valence-electron chi connectivity index (χ2n) is 5.54. The van der Waals surface area contributed by atoms with Gasteiger partial charge in [0.1, 0.15) is 12.4 Å². The van der Waals surface area contributed by atoms with Crippen LogP contribution < -0.4 is 15.4 Å². The van der Waals surface area contributed by atoms with Crippen molar-refractivity contribution in [1.82, 2.24) is 5.32 Å². The Balaban J connectivity index is 1.88. The summed E-state index contributed by atoms with van der Waals surface area (Å²) in [6, 6.07) is 7.80. The fourth-order valence-corrected chi connectivity index (χ4v) is 3.15. The molecule has 0 aromatic heterocycles. The number of hydrogen-bond acceptors (Lipinski definition) is 2. The minimum atomic E-state index is 0.192. The van der Waals surface area contributed by atoms with Gasteiger partial charge in [0.25, 0.3) is 0 Å². The number of nitrogens with one attached hydrogen (secondary N) is 2. The van der Waals surface area contributed by atoms with Crippen LogP contribution in [0.1, 0.15) is 39.0 Å². The van der Waals surface area contributed by atoms with Crippen molar-refractivity contribution in [2.75, 3.05) is 11.9 Å². The van der Waals surface area contributed by atoms with Gasteiger partial charge in [-0.3, -0.25) is 0 Å². The number of thiocarbonyl (C=S) groups is 1. The fraction of sp³-hybridized carbons (Fsp3) is 0.471. The highest BCUT2D eigenvalue weighted by atomic mass is 32.1. The minimum Gasteiger partial charge on any atom is -0.490 e. The summed E-state index contributed by atoms with van der Waals surface area (Å²) in [5, 5.41) is 7.48. The first-order chi connectivity index (χ1) is 10.2. The lowest BCUT2D eigenvalue weighted by Gasteiger charge is -2.30. The van der Waals surface area contributed by atoms with E-state index in [2.05, 4.69) is 24.1 Å². The summed E-state index contributed by atoms with van der Waals surface area (Å²) in [6.07, 6.45) is 7.84. The summed E-state index contributed by atoms with van der Waals surface area (Å²) in [6.45, 7) is 6.38. The molecule has 0 heterocycles. The van der Waals surface area contributed by atoms with Crippen LogP contribution in [0.25, 0.3) is 0 Å². The molecule has 3 nitrogen and oxygen atoms in total. The highest BCUT2D eigenvalue weighted by molar-refractivity contribution is 7.80. The lowest BCUT2D eigenvalue weighted by Crippen LogP contribution is -2.47. The molecule has 0 amide bonds. The Morgan fingerprint density at radius 1 is 1.33 bits per heavy atom. The summed E-state index contributed by atoms with van der Waals surface area (Å²) in [7, 11) is 0. The van der Waals surface area contributed by atoms with Gasteiger partial charge in [-0.15, -0.1) is 0 Å². The molecule has 1 aromatic carbocycles. The first-order valence-corrected chi connectivity index (χ1v) is 8.01. The first-order valence-electron chi connectivity index (χ1n) is 7.60. The number of anilines is 1. The largest absolute Gasteiger partial charge is 0.490 e. The number of benzene rings is 1. The molecule has 4 heteroatoms. The number of rotatable bonds is 6. The molecule has 0 radical (unpaired) electrons. The SMILES string of the molecule is C=CCOc1ccc(NC(=S)NC2(CC)CCCC2)cc1. The molecule has 2 N–H and O–H groups in total. The average Bonchev–Trinajstić information content (AvgIpc) is 2.95. The molecule has 0 atom stereocenters. The summed E-state index contributed by atoms with van der Waals surface area (Å²) in [5.41, 5.74) is 1.17. The lowest BCUT2D eigenvalue weighted by molar-refractivity contribution is 0.363. The maximum atomic E-state index is 5.46. The summed E-state index contributed by atoms with van der Waals surface area (Å²) in [5.74, 6) is 0.833. The maximum Gasteiger partial charge on any atom is 0.171 e. The van der Waals surface area contributed by atoms with E-state index in [1.807, 2.05) is 24.3 Å². The van der Waals surface area contributed by atoms with Gasteiger partial charge in [0.15, 0.2) is 5.11 Å². The van der Waals surface area contributed by atoms with Gasteiger partial charge >= 0.3 is 0 Å². The van der Waals surface area contributed by atoms with Crippen LogP contribution in [0.2, 0.25) is 0 Å². The van der Waals surface area contributed by atoms with Crippen molar-refractivity contribution in [3.8, 4) is 5.75 Å². The monoisotopic (exact) mass is 304 g/mol. The van der Waals surface area contributed by atoms with E-state index < -0.39 is 0 Å². The van der Waals surface area contributed by atoms with E-state index in [4.69, 9.17) is 17.0 Å². The molecule has 1 aliphatic rings. The van der Waals surface area contributed by atoms with E-state index in [1.54, 1.807) is 6.08 Å². The number of ether oxygens (including phenoxy) is 1. The highest BCUT2D eigenvalue weighted by Gasteiger charge is 2.32. The highest BCUT2D eigenvalue weighted by Crippen LogP contribution is 2.32. The lowest BCUT2D eigenvalue weighted by atomic mass is 9.95. The third-order valence-electron chi connectivity index (χ3n) is 4.10. The standard InChI is InChI=1S/C17H24N2OS/c1-3-13-20-15-9-7-14(8-10-15)18-16(21)19-17(4-2)11-5-6-12-17/h3,7-10H,1,4-6,11-13H2,2H3,(H2,18,19,21). The van der Waals surface area contributed by atoms with Crippen LogP contribution >= 0.6 is 12.2 Å². The van der Waals surface area contributed by atoms with Crippen LogP contribution in [0.3, 0.4) is 0 Å². The molecule has 1 saturated carbocycles. The van der Waals surface area contributed by atoms with E-state index in [1.165, 1.54) is 25.7 Å². The maximum absolute atomic E-state index is 5.46. The van der Waals surface area contributed by atoms with Crippen molar-refractivity contribution < 1.29 is 4.74 Å². The van der Waals surface area contributed by atoms with Crippen LogP contribution in [0.5, 0.6) is 5.75 Å². The molecule has 0 aliphatic heterocycles. The topological polar surface area (TPSA) is 33.3 Å². The summed E-state index contributed by atoms with van der Waals surface area (Å²) < 4.78 is 5.46. The quantitative estimate of drug-likeness (QED) is 0.608. The van der Waals surface area contributed by atoms with E-state index in [0.29, 0.717) is 11.7 Å². The average molecular weight is 304 g/mol. The normalized spacial score (nSPS) is 16.2. The molecule has 0 bridgehead atoms. The van der Waals surface area contributed by atoms with E-state index in [0.717, 1.165) is 17.9 Å². The Hall–Kier alpha value is -1.55. The smallest absolute Gasteiger partial charge is 0.171 e. The number of hydrogen-bond donors (Lipinski definition) is 2. The summed E-state index contributed by atoms with van der Waals surface area (Å²) in [4.78, 5) is 0. The van der Waals surface area contributed by atoms with Crippen molar-refractivity contribution >= 4 is 23.0 Å². The Labute approximate surface area is 132 Å². The predicted octanol–water partition coefficient (Wildman–Crippen LogP) is 4.26. The van der Waals surface area contributed by atoms with Crippen molar-refractivity contribution in [3.05, 3.63) is 36.9 Å². The molecule has 1 aromatic rings. The Bertz CT molecular complexity index is 478. The predicted molar refractivity (Wildman–Crippen MR) is 93.0 cm³/mol. The first kappa shape index (κ1) is 15.8. The van der Waals surface area contributed by atoms with Crippen LogP contribution in [-0.2, 0) is 0 Å². The molecule has 114 valence electrons. The zero-order valence-electron chi connectivity index (χ0n) is 12.7. The van der Waals surface area contributed by atoms with E-state index in [-0.39, 0.29) is 5.54 Å². The molecule has 1 fully saturated rings. The zero-order chi connectivity index (χ0) is 15.1. The molecule has 0 spiro atoms.